The number of alkyl halides is 9. The van der Waals surface area contributed by atoms with Crippen LogP contribution in [0.25, 0.3) is 0 Å². The highest BCUT2D eigenvalue weighted by Gasteiger charge is 2.73. The predicted molar refractivity (Wildman–Crippen MR) is 91.9 cm³/mol. The van der Waals surface area contributed by atoms with Gasteiger partial charge < -0.3 is 14.6 Å². The van der Waals surface area contributed by atoms with Crippen molar-refractivity contribution < 1.29 is 50.5 Å². The fourth-order valence-corrected chi connectivity index (χ4v) is 3.01. The van der Waals surface area contributed by atoms with Gasteiger partial charge in [-0.1, -0.05) is 34.8 Å². The molecule has 0 saturated heterocycles. The zero-order valence-corrected chi connectivity index (χ0v) is 16.7. The van der Waals surface area contributed by atoms with E-state index in [0.29, 0.717) is 6.07 Å². The van der Waals surface area contributed by atoms with E-state index in [-0.39, 0.29) is 5.75 Å². The first-order valence-electron chi connectivity index (χ1n) is 7.57. The number of benzene rings is 1. The van der Waals surface area contributed by atoms with Crippen LogP contribution in [-0.4, -0.2) is 52.6 Å². The fourth-order valence-electron chi connectivity index (χ4n) is 2.85. The molecule has 1 amide bonds. The van der Waals surface area contributed by atoms with E-state index >= 15 is 0 Å². The fraction of sp³-hybridized carbons (Fsp3) is 0.467. The minimum Gasteiger partial charge on any atom is -0.497 e. The molecule has 15 heteroatoms. The van der Waals surface area contributed by atoms with Crippen LogP contribution >= 0.6 is 34.8 Å². The topological polar surface area (TPSA) is 76.1 Å². The van der Waals surface area contributed by atoms with Gasteiger partial charge >= 0.3 is 18.4 Å². The van der Waals surface area contributed by atoms with Crippen LogP contribution in [0.15, 0.2) is 18.2 Å². The number of halogens is 9. The number of Topliss-reactive ketones (excluding diaryl/α,β-unsaturated/α-hetero) is 1. The number of methoxy groups -OCH3 is 1. The number of carbonyl (C=O) groups is 2. The van der Waals surface area contributed by atoms with Crippen LogP contribution in [0.3, 0.4) is 0 Å². The maximum absolute atomic E-state index is 13.8. The molecule has 0 fully saturated rings. The summed E-state index contributed by atoms with van der Waals surface area (Å²) < 4.78 is 87.7. The van der Waals surface area contributed by atoms with Crippen LogP contribution in [0.1, 0.15) is 11.5 Å². The Hall–Kier alpha value is -1.63. The maximum Gasteiger partial charge on any atom is 0.450 e. The second-order valence-corrected chi connectivity index (χ2v) is 8.46. The molecular weight excluding hydrogens is 495 g/mol. The van der Waals surface area contributed by atoms with Crippen LogP contribution in [0.5, 0.6) is 5.75 Å². The Labute approximate surface area is 179 Å². The molecule has 0 saturated carbocycles. The first-order chi connectivity index (χ1) is 13.4. The number of anilines is 1. The maximum atomic E-state index is 13.8. The third-order valence-corrected chi connectivity index (χ3v) is 4.36. The van der Waals surface area contributed by atoms with Crippen LogP contribution in [0.4, 0.5) is 36.8 Å². The summed E-state index contributed by atoms with van der Waals surface area (Å²) in [4.78, 5) is 23.7. The van der Waals surface area contributed by atoms with E-state index in [1.807, 2.05) is 0 Å². The summed E-state index contributed by atoms with van der Waals surface area (Å²) in [7, 11) is 1.06. The zero-order valence-electron chi connectivity index (χ0n) is 14.4. The molecule has 0 aliphatic carbocycles. The summed E-state index contributed by atoms with van der Waals surface area (Å²) in [6, 6.07) is 2.39. The molecule has 168 valence electrons. The van der Waals surface area contributed by atoms with Crippen molar-refractivity contribution in [3.8, 4) is 5.75 Å². The average Bonchev–Trinajstić information content (AvgIpc) is 2.85. The molecule has 0 radical (unpaired) electrons. The first kappa shape index (κ1) is 24.6. The predicted octanol–water partition coefficient (Wildman–Crippen LogP) is 4.49. The molecule has 6 nitrogen and oxygen atoms in total. The van der Waals surface area contributed by atoms with E-state index < -0.39 is 62.4 Å². The SMILES string of the molecule is COc1ccc2c(c1)C(C(=O)C(F)(F)F)C(O)(C(F)(F)F)N2C(=O)OCC(Cl)(Cl)Cl. The largest absolute Gasteiger partial charge is 0.497 e. The first-order valence-corrected chi connectivity index (χ1v) is 8.70. The van der Waals surface area contributed by atoms with Gasteiger partial charge in [0.05, 0.1) is 12.8 Å². The molecule has 0 bridgehead atoms. The van der Waals surface area contributed by atoms with E-state index in [4.69, 9.17) is 39.5 Å². The monoisotopic (exact) mass is 503 g/mol. The highest BCUT2D eigenvalue weighted by atomic mass is 35.6. The molecule has 2 atom stereocenters. The van der Waals surface area contributed by atoms with Crippen LogP contribution in [0, 0.1) is 0 Å². The zero-order chi connectivity index (χ0) is 23.3. The lowest BCUT2D eigenvalue weighted by molar-refractivity contribution is -0.265. The molecule has 1 heterocycles. The Morgan fingerprint density at radius 1 is 1.17 bits per heavy atom. The number of hydrogen-bond acceptors (Lipinski definition) is 5. The van der Waals surface area contributed by atoms with E-state index in [0.717, 1.165) is 19.2 Å². The lowest BCUT2D eigenvalue weighted by atomic mass is 9.86. The van der Waals surface area contributed by atoms with Crippen molar-refractivity contribution in [2.75, 3.05) is 18.6 Å². The van der Waals surface area contributed by atoms with Gasteiger partial charge in [0, 0.05) is 0 Å². The summed E-state index contributed by atoms with van der Waals surface area (Å²) in [6.45, 7) is -1.11. The summed E-state index contributed by atoms with van der Waals surface area (Å²) in [5, 5.41) is 10.4. The van der Waals surface area contributed by atoms with E-state index in [1.54, 1.807) is 0 Å². The lowest BCUT2D eigenvalue weighted by Crippen LogP contribution is -2.64. The Morgan fingerprint density at radius 2 is 1.73 bits per heavy atom. The number of aliphatic hydroxyl groups is 1. The van der Waals surface area contributed by atoms with Crippen molar-refractivity contribution in [3.63, 3.8) is 0 Å². The number of ether oxygens (including phenoxy) is 2. The van der Waals surface area contributed by atoms with Gasteiger partial charge in [0.2, 0.25) is 9.58 Å². The Morgan fingerprint density at radius 3 is 2.17 bits per heavy atom. The molecule has 30 heavy (non-hydrogen) atoms. The van der Waals surface area contributed by atoms with Crippen molar-refractivity contribution in [1.82, 2.24) is 0 Å². The second kappa shape index (κ2) is 7.81. The van der Waals surface area contributed by atoms with Crippen molar-refractivity contribution in [3.05, 3.63) is 23.8 Å². The molecule has 1 aliphatic heterocycles. The highest BCUT2D eigenvalue weighted by Crippen LogP contribution is 2.56. The molecule has 1 aromatic carbocycles. The average molecular weight is 505 g/mol. The number of nitrogens with zero attached hydrogens (tertiary/aromatic N) is 1. The minimum absolute atomic E-state index is 0.241. The number of amides is 1. The molecule has 2 rings (SSSR count). The Balaban J connectivity index is 2.74. The van der Waals surface area contributed by atoms with E-state index in [2.05, 4.69) is 4.74 Å². The van der Waals surface area contributed by atoms with Gasteiger partial charge in [-0.25, -0.2) is 9.69 Å². The number of ketones is 1. The summed E-state index contributed by atoms with van der Waals surface area (Å²) in [5.74, 6) is -6.48. The van der Waals surface area contributed by atoms with Crippen LogP contribution in [-0.2, 0) is 9.53 Å². The highest BCUT2D eigenvalue weighted by molar-refractivity contribution is 6.67. The number of rotatable bonds is 3. The van der Waals surface area contributed by atoms with Gasteiger partial charge in [0.15, 0.2) is 0 Å². The normalized spacial score (nSPS) is 22.0. The molecule has 0 spiro atoms. The summed E-state index contributed by atoms with van der Waals surface area (Å²) in [5.41, 5.74) is -6.51. The number of fused-ring (bicyclic) bond motifs is 1. The van der Waals surface area contributed by atoms with Gasteiger partial charge in [-0.15, -0.1) is 0 Å². The summed E-state index contributed by atoms with van der Waals surface area (Å²) >= 11 is 16.1. The number of hydrogen-bond donors (Lipinski definition) is 1. The quantitative estimate of drug-likeness (QED) is 0.485. The Kier molecular flexibility index (Phi) is 6.41. The van der Waals surface area contributed by atoms with Gasteiger partial charge in [-0.3, -0.25) is 4.79 Å². The molecule has 0 aromatic heterocycles. The van der Waals surface area contributed by atoms with E-state index in [1.165, 1.54) is 0 Å². The van der Waals surface area contributed by atoms with Crippen LogP contribution in [0.2, 0.25) is 0 Å². The van der Waals surface area contributed by atoms with Gasteiger partial charge in [-0.05, 0) is 23.8 Å². The smallest absolute Gasteiger partial charge is 0.450 e. The van der Waals surface area contributed by atoms with Crippen molar-refractivity contribution >= 4 is 52.4 Å². The molecule has 1 aliphatic rings. The van der Waals surface area contributed by atoms with Crippen molar-refractivity contribution in [2.24, 2.45) is 0 Å². The molecule has 1 aromatic rings. The molecular formula is C15H10Cl3F6NO5. The van der Waals surface area contributed by atoms with E-state index in [9.17, 15) is 41.0 Å². The molecule has 1 N–H and O–H groups in total. The summed E-state index contributed by atoms with van der Waals surface area (Å²) in [6.07, 6.45) is -13.7. The standard InChI is InChI=1S/C15H10Cl3F6NO5/c1-29-6-2-3-8-7(4-6)9(10(26)14(19,20)21)13(28,15(22,23)24)25(8)11(27)30-5-12(16,17)18/h2-4,9,28H,5H2,1H3. The van der Waals surface area contributed by atoms with Crippen molar-refractivity contribution in [1.29, 1.82) is 0 Å². The minimum atomic E-state index is -5.94. The molecule has 2 unspecified atom stereocenters. The Bertz CT molecular complexity index is 857. The number of carbonyl (C=O) groups excluding carboxylic acids is 2. The third-order valence-electron chi connectivity index (χ3n) is 4.03. The van der Waals surface area contributed by atoms with Gasteiger partial charge in [0.25, 0.3) is 5.72 Å². The third kappa shape index (κ3) is 4.36. The van der Waals surface area contributed by atoms with Gasteiger partial charge in [0.1, 0.15) is 18.3 Å². The van der Waals surface area contributed by atoms with Crippen LogP contribution < -0.4 is 9.64 Å². The second-order valence-electron chi connectivity index (χ2n) is 5.95. The van der Waals surface area contributed by atoms with Crippen molar-refractivity contribution in [2.45, 2.75) is 27.8 Å². The van der Waals surface area contributed by atoms with Gasteiger partial charge in [-0.2, -0.15) is 26.3 Å². The lowest BCUT2D eigenvalue weighted by Gasteiger charge is -2.37.